The van der Waals surface area contributed by atoms with Crippen molar-refractivity contribution >= 4 is 17.2 Å². The minimum atomic E-state index is 0.228. The average molecular weight is 434 g/mol. The molecule has 0 amide bonds. The number of hydrogen-bond donors (Lipinski definition) is 1. The van der Waals surface area contributed by atoms with Gasteiger partial charge in [0.1, 0.15) is 17.3 Å². The summed E-state index contributed by atoms with van der Waals surface area (Å²) in [5.41, 5.74) is 3.83. The van der Waals surface area contributed by atoms with Crippen molar-refractivity contribution in [3.63, 3.8) is 0 Å². The summed E-state index contributed by atoms with van der Waals surface area (Å²) < 4.78 is 15.5. The average Bonchev–Trinajstić information content (AvgIpc) is 3.43. The van der Waals surface area contributed by atoms with Crippen molar-refractivity contribution in [1.82, 2.24) is 29.4 Å². The number of anilines is 2. The SMILES string of the molecule is Cc1cc(Nc2cc3cc(-c4c(OCC5CCOC5C)cnn4C)ccn3n2)nc(C)n1. The maximum Gasteiger partial charge on any atom is 0.165 e. The third-order valence-electron chi connectivity index (χ3n) is 5.85. The van der Waals surface area contributed by atoms with Gasteiger partial charge < -0.3 is 14.8 Å². The lowest BCUT2D eigenvalue weighted by Crippen LogP contribution is -2.19. The number of pyridine rings is 1. The molecule has 1 aliphatic rings. The first kappa shape index (κ1) is 20.4. The Morgan fingerprint density at radius 1 is 1.19 bits per heavy atom. The Morgan fingerprint density at radius 2 is 2.06 bits per heavy atom. The molecule has 0 bridgehead atoms. The van der Waals surface area contributed by atoms with Crippen LogP contribution in [0.25, 0.3) is 16.8 Å². The van der Waals surface area contributed by atoms with Gasteiger partial charge in [-0.05, 0) is 39.3 Å². The molecule has 166 valence electrons. The Hall–Kier alpha value is -3.46. The predicted octanol–water partition coefficient (Wildman–Crippen LogP) is 3.69. The van der Waals surface area contributed by atoms with Gasteiger partial charge in [-0.2, -0.15) is 10.2 Å². The summed E-state index contributed by atoms with van der Waals surface area (Å²) in [4.78, 5) is 8.75. The van der Waals surface area contributed by atoms with E-state index in [9.17, 15) is 0 Å². The monoisotopic (exact) mass is 433 g/mol. The van der Waals surface area contributed by atoms with Crippen LogP contribution < -0.4 is 10.1 Å². The number of ether oxygens (including phenoxy) is 2. The zero-order valence-corrected chi connectivity index (χ0v) is 18.7. The molecule has 0 spiro atoms. The molecular weight excluding hydrogens is 406 g/mol. The number of fused-ring (bicyclic) bond motifs is 1. The summed E-state index contributed by atoms with van der Waals surface area (Å²) in [6.07, 6.45) is 4.98. The molecule has 2 atom stereocenters. The minimum absolute atomic E-state index is 0.228. The fourth-order valence-corrected chi connectivity index (χ4v) is 4.16. The lowest BCUT2D eigenvalue weighted by Gasteiger charge is -2.15. The van der Waals surface area contributed by atoms with E-state index in [2.05, 4.69) is 38.5 Å². The highest BCUT2D eigenvalue weighted by molar-refractivity contribution is 5.72. The van der Waals surface area contributed by atoms with Gasteiger partial charge in [0.05, 0.1) is 24.4 Å². The van der Waals surface area contributed by atoms with Crippen molar-refractivity contribution in [1.29, 1.82) is 0 Å². The predicted molar refractivity (Wildman–Crippen MR) is 121 cm³/mol. The van der Waals surface area contributed by atoms with Gasteiger partial charge in [0.25, 0.3) is 0 Å². The van der Waals surface area contributed by atoms with E-state index in [0.29, 0.717) is 12.5 Å². The Kier molecular flexibility index (Phi) is 5.26. The first-order chi connectivity index (χ1) is 15.5. The van der Waals surface area contributed by atoms with Crippen LogP contribution in [0.15, 0.2) is 36.7 Å². The van der Waals surface area contributed by atoms with Crippen molar-refractivity contribution in [3.8, 4) is 17.0 Å². The first-order valence-electron chi connectivity index (χ1n) is 10.8. The van der Waals surface area contributed by atoms with E-state index in [1.807, 2.05) is 54.5 Å². The zero-order chi connectivity index (χ0) is 22.2. The van der Waals surface area contributed by atoms with Gasteiger partial charge in [0, 0.05) is 49.2 Å². The van der Waals surface area contributed by atoms with Crippen LogP contribution in [0.5, 0.6) is 5.75 Å². The number of nitrogens with one attached hydrogen (secondary N) is 1. The number of aryl methyl sites for hydroxylation is 3. The van der Waals surface area contributed by atoms with E-state index in [1.165, 1.54) is 0 Å². The van der Waals surface area contributed by atoms with Gasteiger partial charge in [0.2, 0.25) is 0 Å². The minimum Gasteiger partial charge on any atom is -0.489 e. The van der Waals surface area contributed by atoms with Crippen LogP contribution in [0, 0.1) is 19.8 Å². The molecule has 9 heteroatoms. The Balaban J connectivity index is 1.40. The van der Waals surface area contributed by atoms with Crippen molar-refractivity contribution in [2.45, 2.75) is 33.3 Å². The van der Waals surface area contributed by atoms with Crippen molar-refractivity contribution in [3.05, 3.63) is 48.2 Å². The lowest BCUT2D eigenvalue weighted by molar-refractivity contribution is 0.0906. The first-order valence-corrected chi connectivity index (χ1v) is 10.8. The topological polar surface area (TPSA) is 91.4 Å². The maximum absolute atomic E-state index is 6.17. The molecule has 0 saturated carbocycles. The largest absolute Gasteiger partial charge is 0.489 e. The third-order valence-corrected chi connectivity index (χ3v) is 5.85. The summed E-state index contributed by atoms with van der Waals surface area (Å²) in [6.45, 7) is 7.36. The molecule has 0 aromatic carbocycles. The van der Waals surface area contributed by atoms with E-state index < -0.39 is 0 Å². The smallest absolute Gasteiger partial charge is 0.165 e. The third kappa shape index (κ3) is 4.03. The standard InChI is InChI=1S/C23H27N7O2/c1-14-9-21(26-16(3)25-14)27-22-11-19-10-17(5-7-30(19)28-22)23-20(12-24-29(23)4)32-13-18-6-8-31-15(18)2/h5,7,9-12,15,18H,6,8,13H2,1-4H3,(H,25,26,27,28). The number of nitrogens with zero attached hydrogens (tertiary/aromatic N) is 6. The molecule has 0 aliphatic carbocycles. The highest BCUT2D eigenvalue weighted by Crippen LogP contribution is 2.32. The molecule has 2 unspecified atom stereocenters. The highest BCUT2D eigenvalue weighted by atomic mass is 16.5. The molecule has 5 heterocycles. The summed E-state index contributed by atoms with van der Waals surface area (Å²) in [7, 11) is 1.93. The maximum atomic E-state index is 6.17. The molecule has 1 saturated heterocycles. The van der Waals surface area contributed by atoms with Crippen LogP contribution in [-0.2, 0) is 11.8 Å². The fraction of sp³-hybridized carbons (Fsp3) is 0.391. The molecule has 1 fully saturated rings. The van der Waals surface area contributed by atoms with Crippen LogP contribution in [0.2, 0.25) is 0 Å². The molecule has 1 N–H and O–H groups in total. The molecule has 1 aliphatic heterocycles. The van der Waals surface area contributed by atoms with E-state index in [4.69, 9.17) is 9.47 Å². The molecule has 4 aromatic heterocycles. The van der Waals surface area contributed by atoms with Gasteiger partial charge in [-0.25, -0.2) is 14.5 Å². The second-order valence-electron chi connectivity index (χ2n) is 8.30. The van der Waals surface area contributed by atoms with Gasteiger partial charge in [0.15, 0.2) is 11.6 Å². The van der Waals surface area contributed by atoms with Gasteiger partial charge >= 0.3 is 0 Å². The second kappa shape index (κ2) is 8.23. The summed E-state index contributed by atoms with van der Waals surface area (Å²) >= 11 is 0. The van der Waals surface area contributed by atoms with Crippen LogP contribution in [-0.4, -0.2) is 48.7 Å². The highest BCUT2D eigenvalue weighted by Gasteiger charge is 2.25. The van der Waals surface area contributed by atoms with Crippen molar-refractivity contribution in [2.75, 3.05) is 18.5 Å². The van der Waals surface area contributed by atoms with Gasteiger partial charge in [-0.1, -0.05) is 0 Å². The Morgan fingerprint density at radius 3 is 2.84 bits per heavy atom. The van der Waals surface area contributed by atoms with Crippen molar-refractivity contribution in [2.24, 2.45) is 13.0 Å². The second-order valence-corrected chi connectivity index (χ2v) is 8.30. The molecule has 5 rings (SSSR count). The molecule has 0 radical (unpaired) electrons. The van der Waals surface area contributed by atoms with Crippen LogP contribution in [0.3, 0.4) is 0 Å². The summed E-state index contributed by atoms with van der Waals surface area (Å²) in [5, 5.41) is 12.3. The van der Waals surface area contributed by atoms with Gasteiger partial charge in [-0.3, -0.25) is 4.68 Å². The summed E-state index contributed by atoms with van der Waals surface area (Å²) in [6, 6.07) is 8.00. The van der Waals surface area contributed by atoms with Crippen LogP contribution in [0.1, 0.15) is 24.9 Å². The Labute approximate surface area is 186 Å². The summed E-state index contributed by atoms with van der Waals surface area (Å²) in [5.74, 6) is 3.35. The molecule has 4 aromatic rings. The van der Waals surface area contributed by atoms with Gasteiger partial charge in [-0.15, -0.1) is 0 Å². The molecule has 32 heavy (non-hydrogen) atoms. The number of aromatic nitrogens is 6. The molecular formula is C23H27N7O2. The van der Waals surface area contributed by atoms with E-state index in [1.54, 1.807) is 6.20 Å². The lowest BCUT2D eigenvalue weighted by atomic mass is 10.0. The number of rotatable bonds is 6. The fourth-order valence-electron chi connectivity index (χ4n) is 4.16. The van der Waals surface area contributed by atoms with E-state index in [0.717, 1.165) is 58.7 Å². The Bertz CT molecular complexity index is 1240. The van der Waals surface area contributed by atoms with Crippen molar-refractivity contribution < 1.29 is 9.47 Å². The van der Waals surface area contributed by atoms with E-state index in [-0.39, 0.29) is 6.10 Å². The van der Waals surface area contributed by atoms with Crippen LogP contribution >= 0.6 is 0 Å². The van der Waals surface area contributed by atoms with E-state index >= 15 is 0 Å². The van der Waals surface area contributed by atoms with Crippen LogP contribution in [0.4, 0.5) is 11.6 Å². The molecule has 9 nitrogen and oxygen atoms in total. The zero-order valence-electron chi connectivity index (χ0n) is 18.7. The number of hydrogen-bond acceptors (Lipinski definition) is 7. The normalized spacial score (nSPS) is 18.4. The quantitative estimate of drug-likeness (QED) is 0.496.